The molecular weight excluding hydrogens is 85.0 g/mol. The maximum Gasteiger partial charge on any atom is 1.00 e. The van der Waals surface area contributed by atoms with E-state index in [1.165, 1.54) is 0 Å². The van der Waals surface area contributed by atoms with E-state index in [0.717, 1.165) is 26.3 Å². The average molecular weight is 94.1 g/mol. The first-order valence-corrected chi connectivity index (χ1v) is 2.28. The molecular formula is C4H9LiNO+. The Kier molecular flexibility index (Phi) is 5.02. The Hall–Kier alpha value is 0.517. The molecule has 1 rings (SSSR count). The molecule has 3 heteroatoms. The maximum absolute atomic E-state index is 5.01. The van der Waals surface area contributed by atoms with E-state index in [1.54, 1.807) is 0 Å². The van der Waals surface area contributed by atoms with E-state index in [0.29, 0.717) is 0 Å². The molecule has 36 valence electrons. The van der Waals surface area contributed by atoms with Gasteiger partial charge in [-0.25, -0.2) is 0 Å². The minimum atomic E-state index is 0. The van der Waals surface area contributed by atoms with Crippen LogP contribution in [-0.2, 0) is 4.74 Å². The zero-order chi connectivity index (χ0) is 4.24. The summed E-state index contributed by atoms with van der Waals surface area (Å²) in [4.78, 5) is 0. The molecule has 1 aliphatic rings. The van der Waals surface area contributed by atoms with Crippen molar-refractivity contribution < 1.29 is 23.6 Å². The van der Waals surface area contributed by atoms with Gasteiger partial charge in [0.25, 0.3) is 0 Å². The van der Waals surface area contributed by atoms with E-state index in [2.05, 4.69) is 5.32 Å². The summed E-state index contributed by atoms with van der Waals surface area (Å²) in [5.74, 6) is 0. The van der Waals surface area contributed by atoms with Gasteiger partial charge >= 0.3 is 18.9 Å². The van der Waals surface area contributed by atoms with Crippen LogP contribution in [-0.4, -0.2) is 26.3 Å². The van der Waals surface area contributed by atoms with Crippen LogP contribution in [0.15, 0.2) is 0 Å². The molecule has 0 spiro atoms. The van der Waals surface area contributed by atoms with Gasteiger partial charge in [-0.1, -0.05) is 0 Å². The van der Waals surface area contributed by atoms with Gasteiger partial charge in [0.15, 0.2) is 0 Å². The number of hydrogen-bond donors (Lipinski definition) is 1. The van der Waals surface area contributed by atoms with E-state index in [-0.39, 0.29) is 18.9 Å². The van der Waals surface area contributed by atoms with Gasteiger partial charge in [0.1, 0.15) is 0 Å². The molecule has 0 aliphatic carbocycles. The third-order valence-corrected chi connectivity index (χ3v) is 0.846. The van der Waals surface area contributed by atoms with Crippen molar-refractivity contribution in [3.63, 3.8) is 0 Å². The monoisotopic (exact) mass is 94.1 g/mol. The Balaban J connectivity index is 0.000000360. The maximum atomic E-state index is 5.01. The molecule has 0 radical (unpaired) electrons. The van der Waals surface area contributed by atoms with Gasteiger partial charge < -0.3 is 10.1 Å². The number of hydrogen-bond acceptors (Lipinski definition) is 2. The van der Waals surface area contributed by atoms with Crippen molar-refractivity contribution in [2.75, 3.05) is 26.3 Å². The fourth-order valence-corrected chi connectivity index (χ4v) is 0.516. The molecule has 0 aromatic carbocycles. The second-order valence-electron chi connectivity index (χ2n) is 1.36. The van der Waals surface area contributed by atoms with Gasteiger partial charge in [0.2, 0.25) is 0 Å². The first-order chi connectivity index (χ1) is 3.00. The van der Waals surface area contributed by atoms with Crippen LogP contribution >= 0.6 is 0 Å². The van der Waals surface area contributed by atoms with Gasteiger partial charge in [-0.2, -0.15) is 0 Å². The van der Waals surface area contributed by atoms with Crippen molar-refractivity contribution >= 4 is 0 Å². The average Bonchev–Trinajstić information content (AvgIpc) is 1.72. The molecule has 1 heterocycles. The Bertz CT molecular complexity index is 27.2. The summed E-state index contributed by atoms with van der Waals surface area (Å²) in [7, 11) is 0. The summed E-state index contributed by atoms with van der Waals surface area (Å²) < 4.78 is 5.01. The summed E-state index contributed by atoms with van der Waals surface area (Å²) in [6.07, 6.45) is 0. The van der Waals surface area contributed by atoms with Crippen LogP contribution in [0.5, 0.6) is 0 Å². The Morgan fingerprint density at radius 2 is 1.71 bits per heavy atom. The topological polar surface area (TPSA) is 21.3 Å². The van der Waals surface area contributed by atoms with Crippen molar-refractivity contribution in [3.05, 3.63) is 0 Å². The number of nitrogens with one attached hydrogen (secondary N) is 1. The quantitative estimate of drug-likeness (QED) is 0.316. The number of morpholine rings is 1. The molecule has 0 atom stereocenters. The Morgan fingerprint density at radius 1 is 1.14 bits per heavy atom. The van der Waals surface area contributed by atoms with Crippen molar-refractivity contribution in [1.82, 2.24) is 5.32 Å². The largest absolute Gasteiger partial charge is 1.00 e. The van der Waals surface area contributed by atoms with Crippen molar-refractivity contribution in [3.8, 4) is 0 Å². The van der Waals surface area contributed by atoms with E-state index in [1.807, 2.05) is 0 Å². The minimum absolute atomic E-state index is 0. The van der Waals surface area contributed by atoms with Crippen LogP contribution in [0.4, 0.5) is 0 Å². The zero-order valence-electron chi connectivity index (χ0n) is 4.74. The van der Waals surface area contributed by atoms with Gasteiger partial charge in [-0.15, -0.1) is 0 Å². The van der Waals surface area contributed by atoms with Gasteiger partial charge in [-0.3, -0.25) is 0 Å². The van der Waals surface area contributed by atoms with Crippen LogP contribution in [0.3, 0.4) is 0 Å². The second-order valence-corrected chi connectivity index (χ2v) is 1.36. The fraction of sp³-hybridized carbons (Fsp3) is 1.00. The summed E-state index contributed by atoms with van der Waals surface area (Å²) in [6.45, 7) is 3.83. The normalized spacial score (nSPS) is 20.6. The van der Waals surface area contributed by atoms with Crippen LogP contribution in [0.25, 0.3) is 0 Å². The van der Waals surface area contributed by atoms with Crippen LogP contribution in [0.2, 0.25) is 0 Å². The summed E-state index contributed by atoms with van der Waals surface area (Å²) in [5, 5.41) is 3.16. The van der Waals surface area contributed by atoms with Crippen LogP contribution < -0.4 is 24.2 Å². The summed E-state index contributed by atoms with van der Waals surface area (Å²) in [6, 6.07) is 0. The Labute approximate surface area is 55.8 Å². The van der Waals surface area contributed by atoms with Gasteiger partial charge in [0.05, 0.1) is 13.2 Å². The molecule has 0 aromatic heterocycles. The first-order valence-electron chi connectivity index (χ1n) is 2.28. The predicted molar refractivity (Wildman–Crippen MR) is 23.7 cm³/mol. The molecule has 7 heavy (non-hydrogen) atoms. The second kappa shape index (κ2) is 4.67. The van der Waals surface area contributed by atoms with E-state index in [4.69, 9.17) is 4.74 Å². The molecule has 1 fully saturated rings. The van der Waals surface area contributed by atoms with E-state index in [9.17, 15) is 0 Å². The van der Waals surface area contributed by atoms with E-state index < -0.39 is 0 Å². The summed E-state index contributed by atoms with van der Waals surface area (Å²) in [5.41, 5.74) is 0. The molecule has 2 nitrogen and oxygen atoms in total. The third kappa shape index (κ3) is 3.13. The fourth-order valence-electron chi connectivity index (χ4n) is 0.516. The zero-order valence-corrected chi connectivity index (χ0v) is 4.74. The smallest absolute Gasteiger partial charge is 0.379 e. The molecule has 1 saturated heterocycles. The standard InChI is InChI=1S/C4H9NO.Li/c1-3-6-4-2-5-1;/h5H,1-4H2;/q;+1. The van der Waals surface area contributed by atoms with Crippen LogP contribution in [0, 0.1) is 0 Å². The molecule has 0 unspecified atom stereocenters. The predicted octanol–water partition coefficient (Wildman–Crippen LogP) is -3.39. The van der Waals surface area contributed by atoms with Crippen molar-refractivity contribution in [2.24, 2.45) is 0 Å². The van der Waals surface area contributed by atoms with Gasteiger partial charge in [-0.05, 0) is 0 Å². The molecule has 0 amide bonds. The van der Waals surface area contributed by atoms with Crippen molar-refractivity contribution in [2.45, 2.75) is 0 Å². The SMILES string of the molecule is C1COCCN1.[Li+]. The molecule has 1 N–H and O–H groups in total. The molecule has 0 bridgehead atoms. The third-order valence-electron chi connectivity index (χ3n) is 0.846. The molecule has 0 saturated carbocycles. The van der Waals surface area contributed by atoms with Crippen molar-refractivity contribution in [1.29, 1.82) is 0 Å². The number of rotatable bonds is 0. The van der Waals surface area contributed by atoms with Gasteiger partial charge in [0, 0.05) is 13.1 Å². The minimum Gasteiger partial charge on any atom is -0.379 e. The molecule has 0 aromatic rings. The number of ether oxygens (including phenoxy) is 1. The Morgan fingerprint density at radius 3 is 1.86 bits per heavy atom. The van der Waals surface area contributed by atoms with E-state index >= 15 is 0 Å². The first kappa shape index (κ1) is 7.52. The van der Waals surface area contributed by atoms with Crippen LogP contribution in [0.1, 0.15) is 0 Å². The molecule has 1 aliphatic heterocycles. The summed E-state index contributed by atoms with van der Waals surface area (Å²) >= 11 is 0.